The van der Waals surface area contributed by atoms with Gasteiger partial charge in [0.25, 0.3) is 0 Å². The monoisotopic (exact) mass is 936 g/mol. The number of hydrogen-bond acceptors (Lipinski definition) is 14. The molecule has 0 fully saturated rings. The molecule has 0 aliphatic heterocycles. The highest BCUT2D eigenvalue weighted by Crippen LogP contribution is 2.49. The summed E-state index contributed by atoms with van der Waals surface area (Å²) >= 11 is 0. The van der Waals surface area contributed by atoms with Crippen LogP contribution in [0.15, 0.2) is 48.8 Å². The summed E-state index contributed by atoms with van der Waals surface area (Å²) in [7, 11) is 1.27. The molecule has 0 radical (unpaired) electrons. The van der Waals surface area contributed by atoms with Crippen molar-refractivity contribution in [3.63, 3.8) is 0 Å². The summed E-state index contributed by atoms with van der Waals surface area (Å²) in [5, 5.41) is 7.29. The Morgan fingerprint density at radius 2 is 1.20 bits per heavy atom. The van der Waals surface area contributed by atoms with Crippen molar-refractivity contribution in [3.05, 3.63) is 59.9 Å². The van der Waals surface area contributed by atoms with Gasteiger partial charge in [0.05, 0.1) is 44.1 Å². The van der Waals surface area contributed by atoms with Crippen LogP contribution in [0.25, 0.3) is 21.8 Å². The van der Waals surface area contributed by atoms with E-state index in [1.165, 1.54) is 0 Å². The maximum Gasteiger partial charge on any atom is 0.408 e. The molecule has 2 aromatic carbocycles. The van der Waals surface area contributed by atoms with Crippen LogP contribution in [0, 0.1) is 0 Å². The molecule has 64 heavy (non-hydrogen) atoms. The van der Waals surface area contributed by atoms with Gasteiger partial charge in [-0.25, -0.2) is 19.3 Å². The van der Waals surface area contributed by atoms with E-state index in [1.54, 1.807) is 48.8 Å². The summed E-state index contributed by atoms with van der Waals surface area (Å²) in [5.41, 5.74) is 2.07. The van der Waals surface area contributed by atoms with Gasteiger partial charge in [-0.2, -0.15) is 0 Å². The van der Waals surface area contributed by atoms with Gasteiger partial charge >= 0.3 is 27.4 Å². The second-order valence-corrected chi connectivity index (χ2v) is 20.8. The summed E-state index contributed by atoms with van der Waals surface area (Å²) in [5.74, 6) is 0.234. The third-order valence-electron chi connectivity index (χ3n) is 9.99. The van der Waals surface area contributed by atoms with Crippen LogP contribution in [0.5, 0.6) is 11.5 Å². The Balaban J connectivity index is 1.47. The highest BCUT2D eigenvalue weighted by atomic mass is 31.2. The van der Waals surface area contributed by atoms with Crippen LogP contribution in [0.4, 0.5) is 0 Å². The third kappa shape index (κ3) is 16.3. The van der Waals surface area contributed by atoms with Gasteiger partial charge < -0.3 is 37.9 Å². The fraction of sp³-hybridized carbons (Fsp3) is 0.591. The van der Waals surface area contributed by atoms with Crippen molar-refractivity contribution >= 4 is 49.2 Å². The minimum Gasteiger partial charge on any atom is -0.497 e. The molecule has 2 atom stereocenters. The molecule has 0 amide bonds. The molecule has 2 heterocycles. The number of likely N-dealkylation sites (N-methyl/N-ethyl adjacent to an activating group) is 2. The van der Waals surface area contributed by atoms with Crippen LogP contribution in [0.1, 0.15) is 66.0 Å². The molecule has 0 saturated heterocycles. The molecule has 18 nitrogen and oxygen atoms in total. The van der Waals surface area contributed by atoms with Crippen LogP contribution in [0.3, 0.4) is 0 Å². The van der Waals surface area contributed by atoms with Gasteiger partial charge in [-0.15, -0.1) is 0 Å². The molecule has 2 unspecified atom stereocenters. The van der Waals surface area contributed by atoms with Gasteiger partial charge in [-0.05, 0) is 136 Å². The number of fused-ring (bicyclic) bond motifs is 2. The SMILES string of the molecule is CCOC(=O)CNP(=O)(OCC)OCn1cc(CCN(C)CCC(C)(C)OP(=O)(NCC(=O)OC(C)(C)C)OCn2cc(CCN(C)C)c3cc(OC)ccc32)c2cc(OC)ccc21. The van der Waals surface area contributed by atoms with E-state index >= 15 is 0 Å². The lowest BCUT2D eigenvalue weighted by Gasteiger charge is -2.32. The number of carbonyl (C=O) groups is 2. The van der Waals surface area contributed by atoms with Crippen molar-refractivity contribution in [3.8, 4) is 11.5 Å². The smallest absolute Gasteiger partial charge is 0.408 e. The fourth-order valence-electron chi connectivity index (χ4n) is 6.76. The number of nitrogens with zero attached hydrogens (tertiary/aromatic N) is 4. The Labute approximate surface area is 378 Å². The number of benzene rings is 2. The fourth-order valence-corrected chi connectivity index (χ4v) is 9.50. The minimum atomic E-state index is -4.14. The zero-order chi connectivity index (χ0) is 47.3. The number of aromatic nitrogens is 2. The third-order valence-corrected chi connectivity index (χ3v) is 13.3. The van der Waals surface area contributed by atoms with Crippen molar-refractivity contribution in [1.82, 2.24) is 29.1 Å². The Bertz CT molecular complexity index is 2250. The van der Waals surface area contributed by atoms with E-state index in [0.717, 1.165) is 51.6 Å². The van der Waals surface area contributed by atoms with Crippen LogP contribution in [0.2, 0.25) is 0 Å². The Hall–Kier alpha value is -3.80. The molecule has 0 bridgehead atoms. The molecule has 0 saturated carbocycles. The molecule has 4 rings (SSSR count). The zero-order valence-electron chi connectivity index (χ0n) is 39.7. The van der Waals surface area contributed by atoms with E-state index in [-0.39, 0.29) is 39.8 Å². The highest BCUT2D eigenvalue weighted by molar-refractivity contribution is 7.52. The Morgan fingerprint density at radius 3 is 1.70 bits per heavy atom. The van der Waals surface area contributed by atoms with Gasteiger partial charge in [0, 0.05) is 42.8 Å². The average molecular weight is 937 g/mol. The van der Waals surface area contributed by atoms with E-state index in [0.29, 0.717) is 31.7 Å². The van der Waals surface area contributed by atoms with Crippen molar-refractivity contribution in [2.24, 2.45) is 0 Å². The summed E-state index contributed by atoms with van der Waals surface area (Å²) in [6, 6.07) is 11.5. The average Bonchev–Trinajstić information content (AvgIpc) is 3.77. The van der Waals surface area contributed by atoms with Crippen LogP contribution >= 0.6 is 15.5 Å². The molecule has 0 aliphatic rings. The molecule has 20 heteroatoms. The van der Waals surface area contributed by atoms with Crippen molar-refractivity contribution in [2.45, 2.75) is 92.4 Å². The van der Waals surface area contributed by atoms with E-state index < -0.39 is 38.6 Å². The lowest BCUT2D eigenvalue weighted by Crippen LogP contribution is -2.35. The van der Waals surface area contributed by atoms with Gasteiger partial charge in [-0.1, -0.05) is 0 Å². The number of ether oxygens (including phenoxy) is 4. The molecule has 0 spiro atoms. The van der Waals surface area contributed by atoms with Crippen LogP contribution < -0.4 is 19.6 Å². The number of methoxy groups -OCH3 is 2. The normalized spacial score (nSPS) is 14.3. The topological polar surface area (TPSA) is 183 Å². The maximum absolute atomic E-state index is 14.6. The Morgan fingerprint density at radius 1 is 0.688 bits per heavy atom. The number of esters is 2. The van der Waals surface area contributed by atoms with Gasteiger partial charge in [-0.3, -0.25) is 27.7 Å². The molecule has 2 aromatic heterocycles. The Kier molecular flexibility index (Phi) is 19.5. The van der Waals surface area contributed by atoms with Crippen molar-refractivity contribution < 1.29 is 55.8 Å². The van der Waals surface area contributed by atoms with Gasteiger partial charge in [0.1, 0.15) is 43.7 Å². The van der Waals surface area contributed by atoms with E-state index in [9.17, 15) is 18.7 Å². The standard InChI is InChI=1S/C44H70N6O12P2/c1-13-57-41(51)27-45-63(53,58-14-2)59-31-49-30-34(38-26-36(56-12)16-18-40(38)49)20-23-48(10)24-21-44(6,7)62-64(54,46-28-42(52)61-43(3,4)5)60-32-50-29-33(19-22-47(8)9)37-25-35(55-11)15-17-39(37)50/h15-18,25-26,29-30H,13-14,19-24,27-28,31-32H2,1-12H3,(H,45,53)(H,46,54). The molecule has 2 N–H and O–H groups in total. The molecular weight excluding hydrogens is 866 g/mol. The molecule has 0 aliphatic carbocycles. The molecule has 358 valence electrons. The summed E-state index contributed by atoms with van der Waals surface area (Å²) in [6.45, 7) is 13.7. The van der Waals surface area contributed by atoms with Crippen LogP contribution in [-0.2, 0) is 72.6 Å². The largest absolute Gasteiger partial charge is 0.497 e. The number of nitrogens with one attached hydrogen (secondary N) is 2. The summed E-state index contributed by atoms with van der Waals surface area (Å²) in [4.78, 5) is 29.0. The predicted octanol–water partition coefficient (Wildman–Crippen LogP) is 7.36. The molecule has 4 aromatic rings. The first kappa shape index (κ1) is 52.8. The van der Waals surface area contributed by atoms with Crippen LogP contribution in [-0.4, -0.2) is 123 Å². The van der Waals surface area contributed by atoms with E-state index in [4.69, 9.17) is 37.0 Å². The van der Waals surface area contributed by atoms with E-state index in [2.05, 4.69) is 20.0 Å². The quantitative estimate of drug-likeness (QED) is 0.0425. The first-order valence-electron chi connectivity index (χ1n) is 21.5. The summed E-state index contributed by atoms with van der Waals surface area (Å²) < 4.78 is 77.0. The number of hydrogen-bond donors (Lipinski definition) is 2. The zero-order valence-corrected chi connectivity index (χ0v) is 41.5. The first-order chi connectivity index (χ1) is 30.1. The van der Waals surface area contributed by atoms with Crippen molar-refractivity contribution in [1.29, 1.82) is 0 Å². The second kappa shape index (κ2) is 23.6. The lowest BCUT2D eigenvalue weighted by molar-refractivity contribution is -0.153. The number of rotatable bonds is 28. The number of carbonyl (C=O) groups excluding carboxylic acids is 2. The summed E-state index contributed by atoms with van der Waals surface area (Å²) in [6.07, 6.45) is 5.78. The van der Waals surface area contributed by atoms with Gasteiger partial charge in [0.2, 0.25) is 0 Å². The predicted molar refractivity (Wildman–Crippen MR) is 248 cm³/mol. The highest BCUT2D eigenvalue weighted by Gasteiger charge is 2.35. The maximum atomic E-state index is 14.6. The van der Waals surface area contributed by atoms with Crippen molar-refractivity contribution in [2.75, 3.05) is 81.3 Å². The first-order valence-corrected chi connectivity index (χ1v) is 24.6. The minimum absolute atomic E-state index is 0.100. The van der Waals surface area contributed by atoms with Gasteiger partial charge in [0.15, 0.2) is 0 Å². The van der Waals surface area contributed by atoms with E-state index in [1.807, 2.05) is 92.9 Å². The molecular formula is C44H70N6O12P2. The second-order valence-electron chi connectivity index (χ2n) is 17.2. The lowest BCUT2D eigenvalue weighted by atomic mass is 10.1.